The molecule has 1 fully saturated rings. The van der Waals surface area contributed by atoms with Crippen LogP contribution in [0.2, 0.25) is 0 Å². The lowest BCUT2D eigenvalue weighted by Gasteiger charge is -2.36. The van der Waals surface area contributed by atoms with Gasteiger partial charge in [-0.15, -0.1) is 0 Å². The van der Waals surface area contributed by atoms with Gasteiger partial charge in [-0.2, -0.15) is 0 Å². The monoisotopic (exact) mass is 619 g/mol. The maximum Gasteiger partial charge on any atom is 0.412 e. The van der Waals surface area contributed by atoms with Crippen LogP contribution in [0, 0.1) is 0 Å². The molecule has 0 saturated carbocycles. The number of benzene rings is 2. The largest absolute Gasteiger partial charge is 0.448 e. The Balaban J connectivity index is 1.14. The summed E-state index contributed by atoms with van der Waals surface area (Å²) in [7, 11) is 0.302. The Morgan fingerprint density at radius 3 is 2.41 bits per heavy atom. The minimum absolute atomic E-state index is 0.0353. The molecule has 2 aromatic carbocycles. The summed E-state index contributed by atoms with van der Waals surface area (Å²) in [5.41, 5.74) is 5.50. The van der Waals surface area contributed by atoms with E-state index in [4.69, 9.17) is 19.9 Å². The molecule has 2 aromatic heterocycles. The molecule has 3 heterocycles. The van der Waals surface area contributed by atoms with Crippen LogP contribution in [0.15, 0.2) is 61.2 Å². The van der Waals surface area contributed by atoms with Gasteiger partial charge in [-0.25, -0.2) is 24.4 Å². The maximum absolute atomic E-state index is 13.0. The van der Waals surface area contributed by atoms with Gasteiger partial charge < -0.3 is 18.5 Å². The van der Waals surface area contributed by atoms with Crippen molar-refractivity contribution in [1.29, 1.82) is 0 Å². The fraction of sp³-hybridized carbons (Fsp3) is 0.438. The standard InChI is InChI=1S/C32H39N6O5P/c1-19(2)38(20(3)4)44(40-6)43-27-15-28(42-21(27)5)37-18-35-29-30(33-17-34-31(29)37)36-32(39)41-16-26-24-13-9-7-11-22(24)23-12-8-10-14-25(23)26/h7-14,17-21,26-28H,15-16H2,1-6H3,(H,33,34,36,39)/t21-,27-,28-,44?/m1/s1/i5D. The molecule has 4 atom stereocenters. The van der Waals surface area contributed by atoms with Gasteiger partial charge in [0.25, 0.3) is 8.53 Å². The molecule has 1 saturated heterocycles. The quantitative estimate of drug-likeness (QED) is 0.190. The van der Waals surface area contributed by atoms with Crippen molar-refractivity contribution in [2.75, 3.05) is 19.0 Å². The molecule has 0 bridgehead atoms. The van der Waals surface area contributed by atoms with E-state index in [0.717, 1.165) is 22.3 Å². The topological polar surface area (TPSA) is 113 Å². The van der Waals surface area contributed by atoms with Gasteiger partial charge in [-0.05, 0) is 56.8 Å². The summed E-state index contributed by atoms with van der Waals surface area (Å²) in [6.07, 6.45) is 1.58. The summed E-state index contributed by atoms with van der Waals surface area (Å²) in [6, 6.07) is 16.8. The first kappa shape index (κ1) is 29.3. The number of imidazole rings is 1. The number of carbonyl (C=O) groups is 1. The molecule has 44 heavy (non-hydrogen) atoms. The van der Waals surface area contributed by atoms with Crippen molar-refractivity contribution in [3.8, 4) is 11.1 Å². The highest BCUT2D eigenvalue weighted by Crippen LogP contribution is 2.49. The number of ether oxygens (including phenoxy) is 2. The highest BCUT2D eigenvalue weighted by atomic mass is 31.2. The highest BCUT2D eigenvalue weighted by Gasteiger charge is 2.39. The van der Waals surface area contributed by atoms with Gasteiger partial charge in [0.2, 0.25) is 0 Å². The number of aromatic nitrogens is 4. The van der Waals surface area contributed by atoms with E-state index in [1.165, 1.54) is 6.33 Å². The molecule has 1 aliphatic carbocycles. The Labute approximate surface area is 260 Å². The lowest BCUT2D eigenvalue weighted by molar-refractivity contribution is -0.00447. The van der Waals surface area contributed by atoms with Gasteiger partial charge in [0.1, 0.15) is 19.2 Å². The van der Waals surface area contributed by atoms with Crippen LogP contribution in [-0.4, -0.2) is 68.3 Å². The number of rotatable bonds is 10. The van der Waals surface area contributed by atoms with Crippen LogP contribution < -0.4 is 5.32 Å². The first-order valence-electron chi connectivity index (χ1n) is 15.5. The summed E-state index contributed by atoms with van der Waals surface area (Å²) in [6.45, 7) is 8.66. The zero-order valence-corrected chi connectivity index (χ0v) is 26.5. The third kappa shape index (κ3) is 5.82. The molecule has 0 spiro atoms. The zero-order valence-electron chi connectivity index (χ0n) is 26.6. The molecule has 1 amide bonds. The molecule has 1 aliphatic heterocycles. The zero-order chi connectivity index (χ0) is 31.7. The van der Waals surface area contributed by atoms with Crippen LogP contribution in [0.5, 0.6) is 0 Å². The number of fused-ring (bicyclic) bond motifs is 4. The molecule has 1 unspecified atom stereocenters. The molecular weight excluding hydrogens is 579 g/mol. The van der Waals surface area contributed by atoms with Crippen molar-refractivity contribution in [3.63, 3.8) is 0 Å². The molecule has 4 aromatic rings. The molecular formula is C32H39N6O5P. The van der Waals surface area contributed by atoms with Gasteiger partial charge in [-0.3, -0.25) is 9.88 Å². The Bertz CT molecular complexity index is 1600. The average molecular weight is 620 g/mol. The number of nitrogens with one attached hydrogen (secondary N) is 1. The van der Waals surface area contributed by atoms with Gasteiger partial charge in [0.05, 0.1) is 18.5 Å². The Hall–Kier alpha value is -3.47. The van der Waals surface area contributed by atoms with E-state index in [9.17, 15) is 4.79 Å². The Morgan fingerprint density at radius 2 is 1.77 bits per heavy atom. The Kier molecular flexibility index (Phi) is 8.56. The first-order chi connectivity index (χ1) is 21.8. The summed E-state index contributed by atoms with van der Waals surface area (Å²) in [4.78, 5) is 26.2. The Morgan fingerprint density at radius 1 is 1.09 bits per heavy atom. The van der Waals surface area contributed by atoms with E-state index < -0.39 is 27.0 Å². The summed E-state index contributed by atoms with van der Waals surface area (Å²) in [5, 5.41) is 2.75. The van der Waals surface area contributed by atoms with Crippen molar-refractivity contribution in [3.05, 3.63) is 72.3 Å². The number of hydrogen-bond donors (Lipinski definition) is 1. The SMILES string of the molecule is [2H]C[C@H]1O[C@@H](n2cnc3c(NC(=O)OCC4c5ccccc5-c5ccccc54)ncnc32)C[C@H]1OP(OC)N(C(C)C)C(C)C. The minimum Gasteiger partial charge on any atom is -0.448 e. The first-order valence-corrected chi connectivity index (χ1v) is 16.0. The number of hydrogen-bond acceptors (Lipinski definition) is 9. The van der Waals surface area contributed by atoms with Gasteiger partial charge in [-0.1, -0.05) is 48.5 Å². The van der Waals surface area contributed by atoms with Gasteiger partial charge in [0, 0.05) is 32.9 Å². The van der Waals surface area contributed by atoms with E-state index in [2.05, 4.69) is 76.9 Å². The van der Waals surface area contributed by atoms with E-state index in [0.29, 0.717) is 17.6 Å². The van der Waals surface area contributed by atoms with Crippen LogP contribution in [0.25, 0.3) is 22.3 Å². The number of amides is 1. The average Bonchev–Trinajstić information content (AvgIpc) is 3.73. The number of anilines is 1. The second kappa shape index (κ2) is 12.9. The highest BCUT2D eigenvalue weighted by molar-refractivity contribution is 7.44. The minimum atomic E-state index is -1.35. The molecule has 11 nitrogen and oxygen atoms in total. The smallest absolute Gasteiger partial charge is 0.412 e. The summed E-state index contributed by atoms with van der Waals surface area (Å²) < 4.78 is 36.3. The second-order valence-electron chi connectivity index (χ2n) is 11.5. The molecule has 1 N–H and O–H groups in total. The number of nitrogens with zero attached hydrogens (tertiary/aromatic N) is 5. The fourth-order valence-corrected chi connectivity index (χ4v) is 7.74. The molecule has 6 rings (SSSR count). The fourth-order valence-electron chi connectivity index (χ4n) is 6.15. The van der Waals surface area contributed by atoms with Crippen molar-refractivity contribution in [2.24, 2.45) is 0 Å². The van der Waals surface area contributed by atoms with Crippen molar-refractivity contribution in [2.45, 2.75) is 77.5 Å². The van der Waals surface area contributed by atoms with Crippen LogP contribution in [0.4, 0.5) is 10.6 Å². The lowest BCUT2D eigenvalue weighted by Crippen LogP contribution is -2.35. The van der Waals surface area contributed by atoms with Crippen LogP contribution in [-0.2, 0) is 18.5 Å². The third-order valence-electron chi connectivity index (χ3n) is 8.04. The second-order valence-corrected chi connectivity index (χ2v) is 13.0. The summed E-state index contributed by atoms with van der Waals surface area (Å²) in [5.74, 6) is 0.186. The molecule has 12 heteroatoms. The van der Waals surface area contributed by atoms with E-state index >= 15 is 0 Å². The van der Waals surface area contributed by atoms with E-state index in [1.807, 2.05) is 24.3 Å². The van der Waals surface area contributed by atoms with Crippen molar-refractivity contribution < 1.29 is 24.7 Å². The number of carbonyl (C=O) groups excluding carboxylic acids is 1. The van der Waals surface area contributed by atoms with Crippen LogP contribution in [0.1, 0.15) is 65.7 Å². The maximum atomic E-state index is 13.0. The lowest BCUT2D eigenvalue weighted by atomic mass is 9.98. The van der Waals surface area contributed by atoms with Crippen molar-refractivity contribution >= 4 is 31.6 Å². The van der Waals surface area contributed by atoms with Crippen LogP contribution >= 0.6 is 8.53 Å². The van der Waals surface area contributed by atoms with E-state index in [1.54, 1.807) is 18.0 Å². The predicted octanol–water partition coefficient (Wildman–Crippen LogP) is 6.87. The van der Waals surface area contributed by atoms with Crippen molar-refractivity contribution in [1.82, 2.24) is 24.2 Å². The van der Waals surface area contributed by atoms with Crippen LogP contribution in [0.3, 0.4) is 0 Å². The van der Waals surface area contributed by atoms with Gasteiger partial charge >= 0.3 is 6.09 Å². The van der Waals surface area contributed by atoms with Gasteiger partial charge in [0.15, 0.2) is 17.0 Å². The summed E-state index contributed by atoms with van der Waals surface area (Å²) >= 11 is 0. The third-order valence-corrected chi connectivity index (χ3v) is 10.1. The van der Waals surface area contributed by atoms with E-state index in [-0.39, 0.29) is 43.4 Å². The molecule has 0 radical (unpaired) electrons. The molecule has 2 aliphatic rings. The predicted molar refractivity (Wildman–Crippen MR) is 169 cm³/mol. The molecule has 232 valence electrons. The normalized spacial score (nSPS) is 20.7.